The molecule has 0 aromatic rings. The van der Waals surface area contributed by atoms with Crippen molar-refractivity contribution in [3.8, 4) is 0 Å². The number of hydrogen-bond donors (Lipinski definition) is 1. The van der Waals surface area contributed by atoms with Gasteiger partial charge in [-0.1, -0.05) is 0 Å². The highest BCUT2D eigenvalue weighted by Crippen LogP contribution is 2.01. The lowest BCUT2D eigenvalue weighted by Gasteiger charge is -2.22. The summed E-state index contributed by atoms with van der Waals surface area (Å²) >= 11 is 0. The van der Waals surface area contributed by atoms with Crippen molar-refractivity contribution in [2.75, 3.05) is 40.0 Å². The third-order valence-corrected chi connectivity index (χ3v) is 2.44. The first-order chi connectivity index (χ1) is 7.69. The fourth-order valence-corrected chi connectivity index (χ4v) is 1.37. The monoisotopic (exact) mass is 232 g/mol. The number of likely N-dealkylation sites (N-methyl/N-ethyl adjacent to an activating group) is 1. The predicted molar refractivity (Wildman–Crippen MR) is 63.2 cm³/mol. The molecule has 5 heteroatoms. The Balaban J connectivity index is 3.99. The molecule has 0 heterocycles. The minimum absolute atomic E-state index is 0.0690. The maximum Gasteiger partial charge on any atom is 0.225 e. The van der Waals surface area contributed by atoms with Crippen molar-refractivity contribution < 1.29 is 14.3 Å². The van der Waals surface area contributed by atoms with E-state index >= 15 is 0 Å². The SMILES string of the molecule is CCOCCN(CC)C(=O)CC(CN)OC. The number of nitrogens with two attached hydrogens (primary N) is 1. The maximum absolute atomic E-state index is 11.8. The summed E-state index contributed by atoms with van der Waals surface area (Å²) in [6.07, 6.45) is 0.154. The van der Waals surface area contributed by atoms with Gasteiger partial charge in [-0.25, -0.2) is 0 Å². The van der Waals surface area contributed by atoms with Gasteiger partial charge in [0, 0.05) is 33.4 Å². The highest BCUT2D eigenvalue weighted by atomic mass is 16.5. The summed E-state index contributed by atoms with van der Waals surface area (Å²) in [4.78, 5) is 13.6. The van der Waals surface area contributed by atoms with Crippen LogP contribution in [0.4, 0.5) is 0 Å². The van der Waals surface area contributed by atoms with Crippen LogP contribution in [0.25, 0.3) is 0 Å². The van der Waals surface area contributed by atoms with Crippen LogP contribution in [-0.4, -0.2) is 56.9 Å². The van der Waals surface area contributed by atoms with E-state index in [1.165, 1.54) is 0 Å². The molecule has 0 aliphatic carbocycles. The Morgan fingerprint density at radius 1 is 1.44 bits per heavy atom. The number of amides is 1. The van der Waals surface area contributed by atoms with Crippen LogP contribution in [0.1, 0.15) is 20.3 Å². The molecule has 5 nitrogen and oxygen atoms in total. The van der Waals surface area contributed by atoms with Gasteiger partial charge in [0.25, 0.3) is 0 Å². The van der Waals surface area contributed by atoms with Crippen molar-refractivity contribution in [3.63, 3.8) is 0 Å². The smallest absolute Gasteiger partial charge is 0.225 e. The van der Waals surface area contributed by atoms with E-state index in [0.29, 0.717) is 39.3 Å². The van der Waals surface area contributed by atoms with E-state index in [2.05, 4.69) is 0 Å². The van der Waals surface area contributed by atoms with Crippen molar-refractivity contribution in [3.05, 3.63) is 0 Å². The Labute approximate surface area is 97.9 Å². The van der Waals surface area contributed by atoms with E-state index < -0.39 is 0 Å². The molecule has 0 fully saturated rings. The van der Waals surface area contributed by atoms with Gasteiger partial charge in [-0.3, -0.25) is 4.79 Å². The molecule has 0 aromatic heterocycles. The second-order valence-electron chi connectivity index (χ2n) is 3.47. The summed E-state index contributed by atoms with van der Waals surface area (Å²) in [6, 6.07) is 0. The normalized spacial score (nSPS) is 12.5. The largest absolute Gasteiger partial charge is 0.380 e. The Bertz CT molecular complexity index is 184. The summed E-state index contributed by atoms with van der Waals surface area (Å²) in [6.45, 7) is 6.83. The zero-order chi connectivity index (χ0) is 12.4. The van der Waals surface area contributed by atoms with Crippen LogP contribution in [-0.2, 0) is 14.3 Å². The second-order valence-corrected chi connectivity index (χ2v) is 3.47. The van der Waals surface area contributed by atoms with E-state index in [9.17, 15) is 4.79 Å². The minimum atomic E-state index is -0.186. The molecule has 0 radical (unpaired) electrons. The van der Waals surface area contributed by atoms with Crippen LogP contribution in [0.3, 0.4) is 0 Å². The summed E-state index contributed by atoms with van der Waals surface area (Å²) in [5.41, 5.74) is 5.47. The number of rotatable bonds is 9. The highest BCUT2D eigenvalue weighted by Gasteiger charge is 2.16. The topological polar surface area (TPSA) is 64.8 Å². The van der Waals surface area contributed by atoms with Gasteiger partial charge in [0.2, 0.25) is 5.91 Å². The first-order valence-electron chi connectivity index (χ1n) is 5.77. The van der Waals surface area contributed by atoms with E-state index in [4.69, 9.17) is 15.2 Å². The van der Waals surface area contributed by atoms with Gasteiger partial charge in [0.1, 0.15) is 0 Å². The first kappa shape index (κ1) is 15.3. The maximum atomic E-state index is 11.8. The molecule has 0 bridgehead atoms. The van der Waals surface area contributed by atoms with Crippen molar-refractivity contribution in [1.82, 2.24) is 4.90 Å². The summed E-state index contributed by atoms with van der Waals surface area (Å²) < 4.78 is 10.3. The average Bonchev–Trinajstić information content (AvgIpc) is 2.31. The van der Waals surface area contributed by atoms with Crippen LogP contribution in [0.15, 0.2) is 0 Å². The fraction of sp³-hybridized carbons (Fsp3) is 0.909. The van der Waals surface area contributed by atoms with Crippen LogP contribution < -0.4 is 5.73 Å². The first-order valence-corrected chi connectivity index (χ1v) is 5.77. The lowest BCUT2D eigenvalue weighted by Crippen LogP contribution is -2.37. The van der Waals surface area contributed by atoms with E-state index in [1.807, 2.05) is 13.8 Å². The molecule has 0 aliphatic rings. The van der Waals surface area contributed by atoms with Gasteiger partial charge in [0.15, 0.2) is 0 Å². The Kier molecular flexibility index (Phi) is 9.18. The third kappa shape index (κ3) is 6.05. The molecule has 0 spiro atoms. The zero-order valence-corrected chi connectivity index (χ0v) is 10.6. The molecular formula is C11H24N2O3. The lowest BCUT2D eigenvalue weighted by molar-refractivity contribution is -0.134. The van der Waals surface area contributed by atoms with Crippen molar-refractivity contribution >= 4 is 5.91 Å². The molecule has 16 heavy (non-hydrogen) atoms. The van der Waals surface area contributed by atoms with Crippen LogP contribution in [0.5, 0.6) is 0 Å². The Morgan fingerprint density at radius 2 is 2.12 bits per heavy atom. The van der Waals surface area contributed by atoms with Gasteiger partial charge >= 0.3 is 0 Å². The van der Waals surface area contributed by atoms with E-state index in [1.54, 1.807) is 12.0 Å². The molecular weight excluding hydrogens is 208 g/mol. The van der Waals surface area contributed by atoms with E-state index in [0.717, 1.165) is 0 Å². The molecule has 0 saturated carbocycles. The molecule has 1 amide bonds. The standard InChI is InChI=1S/C11H24N2O3/c1-4-13(6-7-16-5-2)11(14)8-10(9-12)15-3/h10H,4-9,12H2,1-3H3. The second kappa shape index (κ2) is 9.57. The Morgan fingerprint density at radius 3 is 2.56 bits per heavy atom. The summed E-state index contributed by atoms with van der Waals surface area (Å²) in [5.74, 6) is 0.0690. The number of hydrogen-bond acceptors (Lipinski definition) is 4. The molecule has 96 valence electrons. The predicted octanol–water partition coefficient (Wildman–Crippen LogP) is 0.235. The minimum Gasteiger partial charge on any atom is -0.380 e. The van der Waals surface area contributed by atoms with Gasteiger partial charge < -0.3 is 20.1 Å². The van der Waals surface area contributed by atoms with E-state index in [-0.39, 0.29) is 12.0 Å². The number of nitrogens with zero attached hydrogens (tertiary/aromatic N) is 1. The van der Waals surface area contributed by atoms with Crippen LogP contribution >= 0.6 is 0 Å². The van der Waals surface area contributed by atoms with Crippen LogP contribution in [0, 0.1) is 0 Å². The van der Waals surface area contributed by atoms with Crippen molar-refractivity contribution in [1.29, 1.82) is 0 Å². The number of carbonyl (C=O) groups is 1. The summed E-state index contributed by atoms with van der Waals surface area (Å²) in [7, 11) is 1.57. The molecule has 1 unspecified atom stereocenters. The number of methoxy groups -OCH3 is 1. The van der Waals surface area contributed by atoms with Gasteiger partial charge in [0.05, 0.1) is 19.1 Å². The molecule has 0 aromatic carbocycles. The van der Waals surface area contributed by atoms with Gasteiger partial charge in [-0.15, -0.1) is 0 Å². The molecule has 1 atom stereocenters. The molecule has 0 aliphatic heterocycles. The Hall–Kier alpha value is -0.650. The number of ether oxygens (including phenoxy) is 2. The number of carbonyl (C=O) groups excluding carboxylic acids is 1. The van der Waals surface area contributed by atoms with Crippen LogP contribution in [0.2, 0.25) is 0 Å². The molecule has 2 N–H and O–H groups in total. The highest BCUT2D eigenvalue weighted by molar-refractivity contribution is 5.76. The zero-order valence-electron chi connectivity index (χ0n) is 10.6. The average molecular weight is 232 g/mol. The van der Waals surface area contributed by atoms with Crippen molar-refractivity contribution in [2.45, 2.75) is 26.4 Å². The lowest BCUT2D eigenvalue weighted by atomic mass is 10.2. The molecule has 0 saturated heterocycles. The van der Waals surface area contributed by atoms with Gasteiger partial charge in [-0.2, -0.15) is 0 Å². The van der Waals surface area contributed by atoms with Gasteiger partial charge in [-0.05, 0) is 13.8 Å². The quantitative estimate of drug-likeness (QED) is 0.578. The third-order valence-electron chi connectivity index (χ3n) is 2.44. The fourth-order valence-electron chi connectivity index (χ4n) is 1.37. The molecule has 0 rings (SSSR count). The summed E-state index contributed by atoms with van der Waals surface area (Å²) in [5, 5.41) is 0. The van der Waals surface area contributed by atoms with Crippen molar-refractivity contribution in [2.24, 2.45) is 5.73 Å².